The average molecular weight is 330 g/mol. The summed E-state index contributed by atoms with van der Waals surface area (Å²) in [5.74, 6) is 3.14. The zero-order chi connectivity index (χ0) is 17.9. The van der Waals surface area contributed by atoms with Crippen LogP contribution in [0.25, 0.3) is 11.1 Å². The van der Waals surface area contributed by atoms with Crippen LogP contribution in [-0.4, -0.2) is 28.4 Å². The van der Waals surface area contributed by atoms with Gasteiger partial charge in [-0.25, -0.2) is 0 Å². The van der Waals surface area contributed by atoms with Crippen molar-refractivity contribution < 1.29 is 18.9 Å². The van der Waals surface area contributed by atoms with Crippen molar-refractivity contribution in [1.82, 2.24) is 0 Å². The van der Waals surface area contributed by atoms with Crippen LogP contribution in [0.1, 0.15) is 30.9 Å². The lowest BCUT2D eigenvalue weighted by Crippen LogP contribution is -2.00. The fourth-order valence-corrected chi connectivity index (χ4v) is 2.82. The van der Waals surface area contributed by atoms with Crippen LogP contribution >= 0.6 is 0 Å². The summed E-state index contributed by atoms with van der Waals surface area (Å²) in [6.07, 6.45) is 0. The molecule has 0 saturated carbocycles. The van der Waals surface area contributed by atoms with Crippen LogP contribution in [0.2, 0.25) is 0 Å². The van der Waals surface area contributed by atoms with Crippen LogP contribution < -0.4 is 18.9 Å². The van der Waals surface area contributed by atoms with Gasteiger partial charge in [0.2, 0.25) is 0 Å². The second-order valence-electron chi connectivity index (χ2n) is 6.01. The van der Waals surface area contributed by atoms with Crippen LogP contribution in [0.3, 0.4) is 0 Å². The van der Waals surface area contributed by atoms with Gasteiger partial charge in [-0.3, -0.25) is 0 Å². The van der Waals surface area contributed by atoms with E-state index in [0.717, 1.165) is 16.7 Å². The van der Waals surface area contributed by atoms with Gasteiger partial charge in [0.05, 0.1) is 28.4 Å². The number of hydrogen-bond donors (Lipinski definition) is 0. The number of rotatable bonds is 6. The van der Waals surface area contributed by atoms with Gasteiger partial charge >= 0.3 is 0 Å². The molecule has 0 heterocycles. The minimum Gasteiger partial charge on any atom is -0.493 e. The quantitative estimate of drug-likeness (QED) is 0.761. The molecule has 0 spiro atoms. The van der Waals surface area contributed by atoms with Crippen LogP contribution in [0.15, 0.2) is 24.3 Å². The summed E-state index contributed by atoms with van der Waals surface area (Å²) in [7, 11) is 6.59. The van der Waals surface area contributed by atoms with Gasteiger partial charge in [0.15, 0.2) is 23.0 Å². The Morgan fingerprint density at radius 1 is 0.667 bits per heavy atom. The van der Waals surface area contributed by atoms with E-state index in [1.165, 1.54) is 5.56 Å². The minimum atomic E-state index is 0.362. The molecule has 0 aliphatic heterocycles. The van der Waals surface area contributed by atoms with Crippen molar-refractivity contribution in [2.45, 2.75) is 26.7 Å². The highest BCUT2D eigenvalue weighted by atomic mass is 16.5. The van der Waals surface area contributed by atoms with Crippen molar-refractivity contribution in [3.8, 4) is 34.1 Å². The Bertz CT molecular complexity index is 720. The van der Waals surface area contributed by atoms with E-state index >= 15 is 0 Å². The topological polar surface area (TPSA) is 36.9 Å². The fourth-order valence-electron chi connectivity index (χ4n) is 2.82. The highest BCUT2D eigenvalue weighted by molar-refractivity contribution is 5.82. The second-order valence-corrected chi connectivity index (χ2v) is 6.01. The fraction of sp³-hybridized carbons (Fsp3) is 0.400. The van der Waals surface area contributed by atoms with E-state index in [1.54, 1.807) is 28.4 Å². The smallest absolute Gasteiger partial charge is 0.168 e. The van der Waals surface area contributed by atoms with Crippen molar-refractivity contribution in [2.24, 2.45) is 0 Å². The molecule has 2 rings (SSSR count). The standard InChI is InChI=1S/C20H26O4/c1-12(2)14-10-16(20(24-7)18(11-14)22-5)15-8-13(3)9-17(21-4)19(15)23-6/h8-12H,1-7H3. The van der Waals surface area contributed by atoms with Gasteiger partial charge < -0.3 is 18.9 Å². The van der Waals surface area contributed by atoms with Crippen molar-refractivity contribution in [2.75, 3.05) is 28.4 Å². The first-order valence-electron chi connectivity index (χ1n) is 7.95. The Balaban J connectivity index is 2.84. The van der Waals surface area contributed by atoms with Crippen LogP contribution in [0.4, 0.5) is 0 Å². The molecule has 0 saturated heterocycles. The Morgan fingerprint density at radius 2 is 1.17 bits per heavy atom. The Kier molecular flexibility index (Phi) is 5.60. The van der Waals surface area contributed by atoms with Crippen LogP contribution in [-0.2, 0) is 0 Å². The number of hydrogen-bond acceptors (Lipinski definition) is 4. The SMILES string of the molecule is COc1cc(C)cc(-c2cc(C(C)C)cc(OC)c2OC)c1OC. The van der Waals surface area contributed by atoms with Crippen molar-refractivity contribution >= 4 is 0 Å². The van der Waals surface area contributed by atoms with Crippen LogP contribution in [0.5, 0.6) is 23.0 Å². The third-order valence-electron chi connectivity index (χ3n) is 4.08. The summed E-state index contributed by atoms with van der Waals surface area (Å²) in [5.41, 5.74) is 4.11. The summed E-state index contributed by atoms with van der Waals surface area (Å²) >= 11 is 0. The van der Waals surface area contributed by atoms with E-state index in [9.17, 15) is 0 Å². The van der Waals surface area contributed by atoms with Crippen LogP contribution in [0, 0.1) is 6.92 Å². The maximum absolute atomic E-state index is 5.65. The number of ether oxygens (including phenoxy) is 4. The molecule has 0 fully saturated rings. The van der Waals surface area contributed by atoms with Gasteiger partial charge in [0.1, 0.15) is 0 Å². The molecule has 0 aliphatic carbocycles. The maximum Gasteiger partial charge on any atom is 0.168 e. The molecule has 0 radical (unpaired) electrons. The van der Waals surface area contributed by atoms with E-state index in [1.807, 2.05) is 19.1 Å². The van der Waals surface area contributed by atoms with Crippen molar-refractivity contribution in [3.63, 3.8) is 0 Å². The lowest BCUT2D eigenvalue weighted by molar-refractivity contribution is 0.351. The van der Waals surface area contributed by atoms with Gasteiger partial charge in [-0.2, -0.15) is 0 Å². The zero-order valence-electron chi connectivity index (χ0n) is 15.5. The highest BCUT2D eigenvalue weighted by Gasteiger charge is 2.21. The van der Waals surface area contributed by atoms with E-state index in [0.29, 0.717) is 28.9 Å². The van der Waals surface area contributed by atoms with E-state index in [2.05, 4.69) is 26.0 Å². The Morgan fingerprint density at radius 3 is 1.62 bits per heavy atom. The first kappa shape index (κ1) is 18.0. The molecule has 2 aromatic carbocycles. The molecule has 2 aromatic rings. The summed E-state index contributed by atoms with van der Waals surface area (Å²) in [5, 5.41) is 0. The first-order chi connectivity index (χ1) is 11.5. The summed E-state index contributed by atoms with van der Waals surface area (Å²) in [6.45, 7) is 6.33. The van der Waals surface area contributed by atoms with Gasteiger partial charge in [-0.05, 0) is 48.2 Å². The predicted octanol–water partition coefficient (Wildman–Crippen LogP) is 4.82. The molecule has 0 unspecified atom stereocenters. The molecule has 4 heteroatoms. The molecule has 24 heavy (non-hydrogen) atoms. The zero-order valence-corrected chi connectivity index (χ0v) is 15.5. The number of methoxy groups -OCH3 is 4. The predicted molar refractivity (Wildman–Crippen MR) is 96.9 cm³/mol. The maximum atomic E-state index is 5.65. The lowest BCUT2D eigenvalue weighted by atomic mass is 9.94. The minimum absolute atomic E-state index is 0.362. The normalized spacial score (nSPS) is 10.7. The molecular weight excluding hydrogens is 304 g/mol. The summed E-state index contributed by atoms with van der Waals surface area (Å²) < 4.78 is 22.3. The molecule has 4 nitrogen and oxygen atoms in total. The number of aryl methyl sites for hydroxylation is 1. The third kappa shape index (κ3) is 3.28. The lowest BCUT2D eigenvalue weighted by Gasteiger charge is -2.20. The highest BCUT2D eigenvalue weighted by Crippen LogP contribution is 2.47. The molecular formula is C20H26O4. The largest absolute Gasteiger partial charge is 0.493 e. The number of benzene rings is 2. The van der Waals surface area contributed by atoms with Gasteiger partial charge in [0.25, 0.3) is 0 Å². The average Bonchev–Trinajstić information content (AvgIpc) is 2.59. The Labute approximate surface area is 144 Å². The molecule has 0 aromatic heterocycles. The van der Waals surface area contributed by atoms with E-state index < -0.39 is 0 Å². The molecule has 130 valence electrons. The summed E-state index contributed by atoms with van der Waals surface area (Å²) in [4.78, 5) is 0. The molecule has 0 N–H and O–H groups in total. The van der Waals surface area contributed by atoms with Crippen molar-refractivity contribution in [3.05, 3.63) is 35.4 Å². The van der Waals surface area contributed by atoms with Gasteiger partial charge in [-0.15, -0.1) is 0 Å². The monoisotopic (exact) mass is 330 g/mol. The van der Waals surface area contributed by atoms with Gasteiger partial charge in [0, 0.05) is 11.1 Å². The van der Waals surface area contributed by atoms with Gasteiger partial charge in [-0.1, -0.05) is 13.8 Å². The molecule has 0 amide bonds. The third-order valence-corrected chi connectivity index (χ3v) is 4.08. The molecule has 0 atom stereocenters. The molecule has 0 aliphatic rings. The van der Waals surface area contributed by atoms with E-state index in [-0.39, 0.29) is 0 Å². The molecule has 0 bridgehead atoms. The second kappa shape index (κ2) is 7.47. The first-order valence-corrected chi connectivity index (χ1v) is 7.95. The van der Waals surface area contributed by atoms with Crippen molar-refractivity contribution in [1.29, 1.82) is 0 Å². The summed E-state index contributed by atoms with van der Waals surface area (Å²) in [6, 6.07) is 8.18. The Hall–Kier alpha value is -2.36. The van der Waals surface area contributed by atoms with E-state index in [4.69, 9.17) is 18.9 Å².